The summed E-state index contributed by atoms with van der Waals surface area (Å²) in [6.45, 7) is 3.72. The van der Waals surface area contributed by atoms with Crippen molar-refractivity contribution in [3.8, 4) is 11.9 Å². The van der Waals surface area contributed by atoms with Crippen LogP contribution in [-0.2, 0) is 11.8 Å². The summed E-state index contributed by atoms with van der Waals surface area (Å²) in [6, 6.07) is 10.6. The minimum atomic E-state index is -0.304. The number of nitriles is 1. The van der Waals surface area contributed by atoms with Crippen LogP contribution in [0.4, 0.5) is 5.69 Å². The Labute approximate surface area is 144 Å². The molecule has 0 saturated heterocycles. The van der Waals surface area contributed by atoms with Crippen LogP contribution in [0.15, 0.2) is 30.3 Å². The van der Waals surface area contributed by atoms with E-state index < -0.39 is 0 Å². The summed E-state index contributed by atoms with van der Waals surface area (Å²) in [5.41, 5.74) is 3.76. The highest BCUT2D eigenvalue weighted by Gasteiger charge is 2.15. The first-order chi connectivity index (χ1) is 12.0. The van der Waals surface area contributed by atoms with Crippen LogP contribution >= 0.6 is 0 Å². The van der Waals surface area contributed by atoms with E-state index in [0.717, 1.165) is 22.3 Å². The van der Waals surface area contributed by atoms with E-state index in [1.54, 1.807) is 36.0 Å². The maximum atomic E-state index is 12.1. The van der Waals surface area contributed by atoms with E-state index in [0.29, 0.717) is 17.1 Å². The number of benzene rings is 1. The van der Waals surface area contributed by atoms with E-state index in [1.807, 2.05) is 26.0 Å². The van der Waals surface area contributed by atoms with Gasteiger partial charge >= 0.3 is 0 Å². The number of rotatable bonds is 4. The monoisotopic (exact) mass is 335 g/mol. The van der Waals surface area contributed by atoms with Gasteiger partial charge in [0.15, 0.2) is 12.3 Å². The van der Waals surface area contributed by atoms with Gasteiger partial charge in [-0.25, -0.2) is 9.67 Å². The summed E-state index contributed by atoms with van der Waals surface area (Å²) in [5, 5.41) is 16.6. The van der Waals surface area contributed by atoms with Crippen molar-refractivity contribution in [1.29, 1.82) is 5.26 Å². The Balaban J connectivity index is 1.72. The predicted molar refractivity (Wildman–Crippen MR) is 93.3 cm³/mol. The largest absolute Gasteiger partial charge is 0.466 e. The van der Waals surface area contributed by atoms with Crippen molar-refractivity contribution in [2.45, 2.75) is 13.8 Å². The van der Waals surface area contributed by atoms with Crippen LogP contribution < -0.4 is 10.1 Å². The van der Waals surface area contributed by atoms with Crippen molar-refractivity contribution >= 4 is 22.6 Å². The zero-order chi connectivity index (χ0) is 18.0. The standard InChI is InChI=1S/C18H17N5O2/c1-11-8-12(2)20-17-16(11)18(22-23(17)3)25-10-15(24)21-14-6-4-13(9-19)5-7-14/h4-8H,10H2,1-3H3,(H,21,24). The lowest BCUT2D eigenvalue weighted by Crippen LogP contribution is -2.20. The molecule has 0 aliphatic heterocycles. The van der Waals surface area contributed by atoms with Gasteiger partial charge in [-0.1, -0.05) is 0 Å². The average Bonchev–Trinajstić information content (AvgIpc) is 2.90. The number of aromatic nitrogens is 3. The number of amides is 1. The van der Waals surface area contributed by atoms with Crippen LogP contribution in [0.2, 0.25) is 0 Å². The second kappa shape index (κ2) is 6.61. The molecule has 0 aliphatic carbocycles. The predicted octanol–water partition coefficient (Wildman–Crippen LogP) is 2.47. The van der Waals surface area contributed by atoms with Crippen molar-refractivity contribution in [2.24, 2.45) is 7.05 Å². The molecule has 1 aromatic carbocycles. The summed E-state index contributed by atoms with van der Waals surface area (Å²) in [4.78, 5) is 16.5. The molecule has 1 N–H and O–H groups in total. The smallest absolute Gasteiger partial charge is 0.262 e. The zero-order valence-corrected chi connectivity index (χ0v) is 14.2. The molecule has 0 saturated carbocycles. The lowest BCUT2D eigenvalue weighted by molar-refractivity contribution is -0.118. The van der Waals surface area contributed by atoms with Crippen LogP contribution in [0.3, 0.4) is 0 Å². The molecule has 0 unspecified atom stereocenters. The van der Waals surface area contributed by atoms with Gasteiger partial charge in [-0.3, -0.25) is 4.79 Å². The average molecular weight is 335 g/mol. The molecule has 0 aliphatic rings. The number of nitrogens with one attached hydrogen (secondary N) is 1. The number of ether oxygens (including phenoxy) is 1. The van der Waals surface area contributed by atoms with Gasteiger partial charge in [0, 0.05) is 18.4 Å². The zero-order valence-electron chi connectivity index (χ0n) is 14.2. The van der Waals surface area contributed by atoms with Crippen LogP contribution in [0.1, 0.15) is 16.8 Å². The maximum Gasteiger partial charge on any atom is 0.262 e. The van der Waals surface area contributed by atoms with Crippen LogP contribution in [0.5, 0.6) is 5.88 Å². The number of aryl methyl sites for hydroxylation is 3. The summed E-state index contributed by atoms with van der Waals surface area (Å²) in [5.74, 6) is 0.0821. The summed E-state index contributed by atoms with van der Waals surface area (Å²) in [7, 11) is 1.79. The Morgan fingerprint density at radius 2 is 2.04 bits per heavy atom. The van der Waals surface area contributed by atoms with Crippen LogP contribution in [0, 0.1) is 25.2 Å². The third-order valence-corrected chi connectivity index (χ3v) is 3.72. The lowest BCUT2D eigenvalue weighted by atomic mass is 10.2. The number of fused-ring (bicyclic) bond motifs is 1. The van der Waals surface area contributed by atoms with E-state index in [-0.39, 0.29) is 12.5 Å². The number of pyridine rings is 1. The molecule has 25 heavy (non-hydrogen) atoms. The van der Waals surface area contributed by atoms with Gasteiger partial charge in [0.05, 0.1) is 17.0 Å². The van der Waals surface area contributed by atoms with Gasteiger partial charge in [-0.2, -0.15) is 5.26 Å². The SMILES string of the molecule is Cc1cc(C)c2c(OCC(=O)Nc3ccc(C#N)cc3)nn(C)c2n1. The Hall–Kier alpha value is -3.40. The number of carbonyl (C=O) groups is 1. The summed E-state index contributed by atoms with van der Waals surface area (Å²) >= 11 is 0. The molecular weight excluding hydrogens is 318 g/mol. The fourth-order valence-electron chi connectivity index (χ4n) is 2.61. The van der Waals surface area contributed by atoms with E-state index in [4.69, 9.17) is 10.00 Å². The van der Waals surface area contributed by atoms with Crippen molar-refractivity contribution in [3.05, 3.63) is 47.2 Å². The van der Waals surface area contributed by atoms with Crippen LogP contribution in [0.25, 0.3) is 11.0 Å². The number of nitrogens with zero attached hydrogens (tertiary/aromatic N) is 4. The number of hydrogen-bond acceptors (Lipinski definition) is 5. The molecule has 0 atom stereocenters. The summed E-state index contributed by atoms with van der Waals surface area (Å²) in [6.07, 6.45) is 0. The molecule has 0 fully saturated rings. The first-order valence-electron chi connectivity index (χ1n) is 7.71. The lowest BCUT2D eigenvalue weighted by Gasteiger charge is -2.06. The van der Waals surface area contributed by atoms with E-state index in [2.05, 4.69) is 15.4 Å². The minimum Gasteiger partial charge on any atom is -0.466 e. The fourth-order valence-corrected chi connectivity index (χ4v) is 2.61. The second-order valence-electron chi connectivity index (χ2n) is 5.73. The Morgan fingerprint density at radius 3 is 2.72 bits per heavy atom. The quantitative estimate of drug-likeness (QED) is 0.790. The first kappa shape index (κ1) is 16.5. The Bertz CT molecular complexity index is 983. The van der Waals surface area contributed by atoms with Crippen LogP contribution in [-0.4, -0.2) is 27.3 Å². The third-order valence-electron chi connectivity index (χ3n) is 3.72. The molecule has 7 nitrogen and oxygen atoms in total. The van der Waals surface area contributed by atoms with Gasteiger partial charge in [-0.15, -0.1) is 5.10 Å². The normalized spacial score (nSPS) is 10.5. The number of hydrogen-bond donors (Lipinski definition) is 1. The minimum absolute atomic E-state index is 0.167. The van der Waals surface area contributed by atoms with Crippen molar-refractivity contribution < 1.29 is 9.53 Å². The molecule has 7 heteroatoms. The summed E-state index contributed by atoms with van der Waals surface area (Å²) < 4.78 is 7.25. The van der Waals surface area contributed by atoms with Crippen molar-refractivity contribution in [1.82, 2.24) is 14.8 Å². The highest BCUT2D eigenvalue weighted by atomic mass is 16.5. The van der Waals surface area contributed by atoms with E-state index in [9.17, 15) is 4.79 Å². The van der Waals surface area contributed by atoms with Gasteiger partial charge in [0.2, 0.25) is 5.88 Å². The molecule has 0 spiro atoms. The first-order valence-corrected chi connectivity index (χ1v) is 7.71. The Morgan fingerprint density at radius 1 is 1.32 bits per heavy atom. The third kappa shape index (κ3) is 3.43. The van der Waals surface area contributed by atoms with Crippen molar-refractivity contribution in [2.75, 3.05) is 11.9 Å². The van der Waals surface area contributed by atoms with E-state index in [1.165, 1.54) is 0 Å². The number of carbonyl (C=O) groups excluding carboxylic acids is 1. The highest BCUT2D eigenvalue weighted by molar-refractivity contribution is 5.92. The van der Waals surface area contributed by atoms with Gasteiger partial charge in [-0.05, 0) is 49.7 Å². The Kier molecular flexibility index (Phi) is 4.35. The molecule has 3 rings (SSSR count). The molecular formula is C18H17N5O2. The fraction of sp³-hybridized carbons (Fsp3) is 0.222. The van der Waals surface area contributed by atoms with Gasteiger partial charge in [0.25, 0.3) is 5.91 Å². The number of anilines is 1. The molecule has 126 valence electrons. The molecule has 0 bridgehead atoms. The highest BCUT2D eigenvalue weighted by Crippen LogP contribution is 2.27. The molecule has 1 amide bonds. The molecule has 2 heterocycles. The maximum absolute atomic E-state index is 12.1. The molecule has 0 radical (unpaired) electrons. The van der Waals surface area contributed by atoms with Crippen molar-refractivity contribution in [3.63, 3.8) is 0 Å². The van der Waals surface area contributed by atoms with Gasteiger partial charge in [0.1, 0.15) is 0 Å². The van der Waals surface area contributed by atoms with E-state index >= 15 is 0 Å². The second-order valence-corrected chi connectivity index (χ2v) is 5.73. The molecule has 2 aromatic heterocycles. The van der Waals surface area contributed by atoms with Gasteiger partial charge < -0.3 is 10.1 Å². The topological polar surface area (TPSA) is 92.8 Å². The molecule has 3 aromatic rings.